The van der Waals surface area contributed by atoms with E-state index in [0.29, 0.717) is 28.0 Å². The summed E-state index contributed by atoms with van der Waals surface area (Å²) in [7, 11) is 0. The number of amides is 1. The number of carboxylic acid groups (broad SMARTS) is 1. The van der Waals surface area contributed by atoms with E-state index in [9.17, 15) is 14.7 Å². The highest BCUT2D eigenvalue weighted by molar-refractivity contribution is 7.16. The predicted octanol–water partition coefficient (Wildman–Crippen LogP) is 5.92. The number of aromatic carboxylic acids is 1. The minimum Gasteiger partial charge on any atom is -0.477 e. The lowest BCUT2D eigenvalue weighted by atomic mass is 10.0. The summed E-state index contributed by atoms with van der Waals surface area (Å²) in [4.78, 5) is 24.0. The summed E-state index contributed by atoms with van der Waals surface area (Å²) >= 11 is 0.976. The van der Waals surface area contributed by atoms with E-state index in [-0.39, 0.29) is 10.8 Å². The topological polar surface area (TPSA) is 75.6 Å². The van der Waals surface area contributed by atoms with Crippen molar-refractivity contribution >= 4 is 28.9 Å². The lowest BCUT2D eigenvalue weighted by Gasteiger charge is -2.10. The Morgan fingerprint density at radius 3 is 2.25 bits per heavy atom. The van der Waals surface area contributed by atoms with Gasteiger partial charge >= 0.3 is 5.97 Å². The molecular formula is C22H21NO4S. The van der Waals surface area contributed by atoms with Crippen LogP contribution in [0, 0.1) is 6.92 Å². The Labute approximate surface area is 167 Å². The van der Waals surface area contributed by atoms with Crippen molar-refractivity contribution in [2.45, 2.75) is 26.7 Å². The van der Waals surface area contributed by atoms with Crippen molar-refractivity contribution in [3.05, 3.63) is 76.2 Å². The zero-order valence-corrected chi connectivity index (χ0v) is 16.7. The van der Waals surface area contributed by atoms with Crippen LogP contribution < -0.4 is 10.1 Å². The highest BCUT2D eigenvalue weighted by Crippen LogP contribution is 2.39. The number of rotatable bonds is 6. The highest BCUT2D eigenvalue weighted by Gasteiger charge is 2.18. The van der Waals surface area contributed by atoms with E-state index in [4.69, 9.17) is 4.74 Å². The molecule has 0 aliphatic heterocycles. The molecule has 6 heteroatoms. The van der Waals surface area contributed by atoms with E-state index < -0.39 is 5.97 Å². The Balaban J connectivity index is 1.85. The second-order valence-electron chi connectivity index (χ2n) is 6.76. The molecule has 0 aliphatic rings. The smallest absolute Gasteiger partial charge is 0.346 e. The van der Waals surface area contributed by atoms with Gasteiger partial charge in [-0.2, -0.15) is 0 Å². The van der Waals surface area contributed by atoms with Gasteiger partial charge in [0.25, 0.3) is 5.91 Å². The van der Waals surface area contributed by atoms with E-state index in [1.165, 1.54) is 11.6 Å². The molecule has 0 atom stereocenters. The lowest BCUT2D eigenvalue weighted by molar-refractivity contribution is 0.0701. The van der Waals surface area contributed by atoms with E-state index in [2.05, 4.69) is 19.2 Å². The van der Waals surface area contributed by atoms with E-state index in [0.717, 1.165) is 16.9 Å². The first kappa shape index (κ1) is 19.6. The molecule has 1 amide bonds. The molecule has 1 heterocycles. The SMILES string of the molecule is Cc1ccc(C(=O)Nc2cc(C(=O)O)sc2Oc2ccc(C(C)C)cc2)cc1. The van der Waals surface area contributed by atoms with E-state index in [1.54, 1.807) is 12.1 Å². The molecule has 0 unspecified atom stereocenters. The minimum absolute atomic E-state index is 0.0907. The standard InChI is InChI=1S/C22H21NO4S/c1-13(2)15-8-10-17(11-9-15)27-22-18(12-19(28-22)21(25)26)23-20(24)16-6-4-14(3)5-7-16/h4-13H,1-3H3,(H,23,24)(H,25,26). The van der Waals surface area contributed by atoms with Gasteiger partial charge in [-0.1, -0.05) is 55.0 Å². The molecule has 28 heavy (non-hydrogen) atoms. The van der Waals surface area contributed by atoms with Gasteiger partial charge in [0, 0.05) is 5.56 Å². The molecule has 0 fully saturated rings. The Morgan fingerprint density at radius 1 is 1.04 bits per heavy atom. The number of hydrogen-bond acceptors (Lipinski definition) is 4. The molecule has 0 saturated heterocycles. The molecule has 3 rings (SSSR count). The molecule has 3 aromatic rings. The average Bonchev–Trinajstić information content (AvgIpc) is 3.05. The van der Waals surface area contributed by atoms with Gasteiger partial charge in [0.1, 0.15) is 10.6 Å². The largest absolute Gasteiger partial charge is 0.477 e. The van der Waals surface area contributed by atoms with Crippen molar-refractivity contribution in [3.63, 3.8) is 0 Å². The van der Waals surface area contributed by atoms with Gasteiger partial charge < -0.3 is 15.2 Å². The summed E-state index contributed by atoms with van der Waals surface area (Å²) in [6.45, 7) is 6.15. The number of carboxylic acids is 1. The zero-order valence-electron chi connectivity index (χ0n) is 15.9. The van der Waals surface area contributed by atoms with Gasteiger partial charge in [0.2, 0.25) is 5.06 Å². The van der Waals surface area contributed by atoms with Crippen LogP contribution in [-0.2, 0) is 0 Å². The molecular weight excluding hydrogens is 374 g/mol. The molecule has 0 aliphatic carbocycles. The van der Waals surface area contributed by atoms with Crippen molar-refractivity contribution in [3.8, 4) is 10.8 Å². The number of aryl methyl sites for hydroxylation is 1. The van der Waals surface area contributed by atoms with Crippen molar-refractivity contribution < 1.29 is 19.4 Å². The summed E-state index contributed by atoms with van der Waals surface area (Å²) in [5.74, 6) is -0.414. The van der Waals surface area contributed by atoms with Crippen LogP contribution in [0.15, 0.2) is 54.6 Å². The summed E-state index contributed by atoms with van der Waals surface area (Å²) < 4.78 is 5.87. The summed E-state index contributed by atoms with van der Waals surface area (Å²) in [5.41, 5.74) is 3.05. The number of hydrogen-bond donors (Lipinski definition) is 2. The maximum atomic E-state index is 12.5. The lowest BCUT2D eigenvalue weighted by Crippen LogP contribution is -2.11. The fourth-order valence-electron chi connectivity index (χ4n) is 2.57. The molecule has 0 saturated carbocycles. The normalized spacial score (nSPS) is 10.7. The third-order valence-electron chi connectivity index (χ3n) is 4.23. The van der Waals surface area contributed by atoms with Crippen LogP contribution in [-0.4, -0.2) is 17.0 Å². The van der Waals surface area contributed by atoms with Crippen LogP contribution in [0.3, 0.4) is 0 Å². The molecule has 5 nitrogen and oxygen atoms in total. The summed E-state index contributed by atoms with van der Waals surface area (Å²) in [5, 5.41) is 12.4. The maximum Gasteiger partial charge on any atom is 0.346 e. The Kier molecular flexibility index (Phi) is 5.80. The van der Waals surface area contributed by atoms with E-state index >= 15 is 0 Å². The molecule has 2 aromatic carbocycles. The average molecular weight is 395 g/mol. The van der Waals surface area contributed by atoms with Crippen molar-refractivity contribution in [2.24, 2.45) is 0 Å². The van der Waals surface area contributed by atoms with Crippen LogP contribution >= 0.6 is 11.3 Å². The van der Waals surface area contributed by atoms with Gasteiger partial charge in [-0.15, -0.1) is 0 Å². The van der Waals surface area contributed by atoms with Crippen LogP contribution in [0.1, 0.15) is 50.9 Å². The number of anilines is 1. The van der Waals surface area contributed by atoms with Crippen molar-refractivity contribution in [1.29, 1.82) is 0 Å². The van der Waals surface area contributed by atoms with Gasteiger partial charge in [-0.05, 0) is 48.7 Å². The van der Waals surface area contributed by atoms with Crippen LogP contribution in [0.2, 0.25) is 0 Å². The third-order valence-corrected chi connectivity index (χ3v) is 5.23. The molecule has 0 bridgehead atoms. The first-order valence-corrected chi connectivity index (χ1v) is 9.68. The van der Waals surface area contributed by atoms with Gasteiger partial charge in [0.15, 0.2) is 0 Å². The van der Waals surface area contributed by atoms with Gasteiger partial charge in [0.05, 0.1) is 5.69 Å². The fraction of sp³-hybridized carbons (Fsp3) is 0.182. The Morgan fingerprint density at radius 2 is 1.68 bits per heavy atom. The fourth-order valence-corrected chi connectivity index (χ4v) is 3.39. The molecule has 0 spiro atoms. The molecule has 2 N–H and O–H groups in total. The number of ether oxygens (including phenoxy) is 1. The summed E-state index contributed by atoms with van der Waals surface area (Å²) in [6, 6.07) is 16.2. The third kappa shape index (κ3) is 4.58. The predicted molar refractivity (Wildman–Crippen MR) is 111 cm³/mol. The number of carbonyl (C=O) groups is 2. The van der Waals surface area contributed by atoms with Gasteiger partial charge in [-0.25, -0.2) is 4.79 Å². The molecule has 0 radical (unpaired) electrons. The quantitative estimate of drug-likeness (QED) is 0.543. The van der Waals surface area contributed by atoms with Crippen molar-refractivity contribution in [1.82, 2.24) is 0 Å². The van der Waals surface area contributed by atoms with Crippen molar-refractivity contribution in [2.75, 3.05) is 5.32 Å². The number of carbonyl (C=O) groups excluding carboxylic acids is 1. The first-order valence-electron chi connectivity index (χ1n) is 8.86. The van der Waals surface area contributed by atoms with E-state index in [1.807, 2.05) is 43.3 Å². The summed E-state index contributed by atoms with van der Waals surface area (Å²) in [6.07, 6.45) is 0. The molecule has 1 aromatic heterocycles. The monoisotopic (exact) mass is 395 g/mol. The zero-order chi connectivity index (χ0) is 20.3. The van der Waals surface area contributed by atoms with Crippen LogP contribution in [0.25, 0.3) is 0 Å². The van der Waals surface area contributed by atoms with Crippen LogP contribution in [0.4, 0.5) is 5.69 Å². The number of nitrogens with one attached hydrogen (secondary N) is 1. The second kappa shape index (κ2) is 8.27. The minimum atomic E-state index is -1.07. The number of thiophene rings is 1. The van der Waals surface area contributed by atoms with Gasteiger partial charge in [-0.3, -0.25) is 4.79 Å². The highest BCUT2D eigenvalue weighted by atomic mass is 32.1. The number of benzene rings is 2. The Bertz CT molecular complexity index is 988. The first-order chi connectivity index (χ1) is 13.3. The van der Waals surface area contributed by atoms with Crippen LogP contribution in [0.5, 0.6) is 10.8 Å². The second-order valence-corrected chi connectivity index (χ2v) is 7.78. The maximum absolute atomic E-state index is 12.5. The Hall–Kier alpha value is -3.12. The molecule has 144 valence electrons.